The first kappa shape index (κ1) is 12.2. The fourth-order valence-corrected chi connectivity index (χ4v) is 1.57. The Morgan fingerprint density at radius 2 is 1.53 bits per heavy atom. The lowest BCUT2D eigenvalue weighted by atomic mass is 10.0. The van der Waals surface area contributed by atoms with Crippen LogP contribution in [0.3, 0.4) is 0 Å². The van der Waals surface area contributed by atoms with E-state index in [1.165, 1.54) is 6.07 Å². The molecule has 0 amide bonds. The Labute approximate surface area is 98.2 Å². The fourth-order valence-electron chi connectivity index (χ4n) is 1.35. The zero-order valence-corrected chi connectivity index (χ0v) is 9.73. The van der Waals surface area contributed by atoms with Gasteiger partial charge in [-0.25, -0.2) is 0 Å². The summed E-state index contributed by atoms with van der Waals surface area (Å²) < 4.78 is 0. The molecule has 1 aromatic carbocycles. The molecule has 0 aliphatic rings. The third kappa shape index (κ3) is 3.33. The van der Waals surface area contributed by atoms with Crippen LogP contribution in [0.15, 0.2) is 18.2 Å². The molecule has 0 bridgehead atoms. The number of aryl methyl sites for hydroxylation is 1. The number of hydrogen-bond acceptors (Lipinski definition) is 2. The van der Waals surface area contributed by atoms with Crippen LogP contribution in [0.1, 0.15) is 39.6 Å². The molecule has 0 heterocycles. The quantitative estimate of drug-likeness (QED) is 0.762. The normalized spacial score (nSPS) is 10.1. The number of rotatable bonds is 4. The number of carbonyl (C=O) groups is 2. The van der Waals surface area contributed by atoms with Crippen molar-refractivity contribution in [3.05, 3.63) is 34.9 Å². The average molecular weight is 245 g/mol. The molecule has 0 aliphatic carbocycles. The fraction of sp³-hybridized carbons (Fsp3) is 0.273. The molecule has 15 heavy (non-hydrogen) atoms. The highest BCUT2D eigenvalue weighted by Gasteiger charge is 2.09. The van der Waals surface area contributed by atoms with E-state index in [2.05, 4.69) is 0 Å². The van der Waals surface area contributed by atoms with Crippen molar-refractivity contribution in [2.24, 2.45) is 0 Å². The van der Waals surface area contributed by atoms with E-state index in [0.29, 0.717) is 11.1 Å². The molecule has 0 aromatic heterocycles. The highest BCUT2D eigenvalue weighted by atomic mass is 35.5. The van der Waals surface area contributed by atoms with Gasteiger partial charge in [0.1, 0.15) is 0 Å². The van der Waals surface area contributed by atoms with Crippen molar-refractivity contribution < 1.29 is 9.59 Å². The van der Waals surface area contributed by atoms with Crippen LogP contribution >= 0.6 is 23.2 Å². The predicted octanol–water partition coefficient (Wildman–Crippen LogP) is 3.40. The second-order valence-corrected chi connectivity index (χ2v) is 3.90. The van der Waals surface area contributed by atoms with Gasteiger partial charge in [0.15, 0.2) is 0 Å². The maximum absolute atomic E-state index is 11.0. The van der Waals surface area contributed by atoms with Crippen molar-refractivity contribution >= 4 is 33.7 Å². The van der Waals surface area contributed by atoms with E-state index in [-0.39, 0.29) is 0 Å². The van der Waals surface area contributed by atoms with Crippen LogP contribution < -0.4 is 0 Å². The van der Waals surface area contributed by atoms with E-state index in [4.69, 9.17) is 23.2 Å². The molecule has 1 rings (SSSR count). The van der Waals surface area contributed by atoms with Crippen molar-refractivity contribution in [1.29, 1.82) is 0 Å². The van der Waals surface area contributed by atoms with E-state index in [0.717, 1.165) is 18.4 Å². The molecular formula is C11H10Cl2O2. The predicted molar refractivity (Wildman–Crippen MR) is 60.8 cm³/mol. The largest absolute Gasteiger partial charge is 0.276 e. The van der Waals surface area contributed by atoms with Crippen LogP contribution in [0.5, 0.6) is 0 Å². The summed E-state index contributed by atoms with van der Waals surface area (Å²) in [6.07, 6.45) is 1.71. The summed E-state index contributed by atoms with van der Waals surface area (Å²) in [5.41, 5.74) is 1.52. The van der Waals surface area contributed by atoms with Gasteiger partial charge >= 0.3 is 0 Å². The molecular weight excluding hydrogens is 235 g/mol. The molecule has 0 spiro atoms. The van der Waals surface area contributed by atoms with Crippen LogP contribution in [-0.2, 0) is 6.42 Å². The highest BCUT2D eigenvalue weighted by Crippen LogP contribution is 2.15. The summed E-state index contributed by atoms with van der Waals surface area (Å²) in [4.78, 5) is 22.0. The SMILES string of the molecule is CCCc1cc(C(=O)Cl)cc(C(=O)Cl)c1. The van der Waals surface area contributed by atoms with E-state index in [1.807, 2.05) is 6.92 Å². The third-order valence-electron chi connectivity index (χ3n) is 1.99. The Bertz CT molecular complexity index is 367. The summed E-state index contributed by atoms with van der Waals surface area (Å²) >= 11 is 10.7. The highest BCUT2D eigenvalue weighted by molar-refractivity contribution is 6.69. The minimum absolute atomic E-state index is 0.312. The molecule has 0 saturated heterocycles. The molecule has 0 atom stereocenters. The molecule has 1 aromatic rings. The van der Waals surface area contributed by atoms with Gasteiger partial charge in [0.2, 0.25) is 0 Å². The summed E-state index contributed by atoms with van der Waals surface area (Å²) in [6.45, 7) is 2.01. The van der Waals surface area contributed by atoms with Gasteiger partial charge in [-0.05, 0) is 53.4 Å². The Balaban J connectivity index is 3.19. The number of carbonyl (C=O) groups excluding carboxylic acids is 2. The van der Waals surface area contributed by atoms with E-state index in [9.17, 15) is 9.59 Å². The number of halogens is 2. The maximum Gasteiger partial charge on any atom is 0.252 e. The smallest absolute Gasteiger partial charge is 0.252 e. The summed E-state index contributed by atoms with van der Waals surface area (Å²) in [6, 6.07) is 4.77. The minimum Gasteiger partial charge on any atom is -0.276 e. The van der Waals surface area contributed by atoms with Crippen molar-refractivity contribution in [2.45, 2.75) is 19.8 Å². The van der Waals surface area contributed by atoms with Crippen molar-refractivity contribution in [1.82, 2.24) is 0 Å². The first-order valence-electron chi connectivity index (χ1n) is 4.58. The molecule has 2 nitrogen and oxygen atoms in total. The first-order chi connectivity index (χ1) is 7.04. The molecule has 0 N–H and O–H groups in total. The average Bonchev–Trinajstić information content (AvgIpc) is 2.17. The molecule has 4 heteroatoms. The second-order valence-electron chi connectivity index (χ2n) is 3.22. The van der Waals surface area contributed by atoms with Crippen LogP contribution in [0, 0.1) is 0 Å². The molecule has 0 unspecified atom stereocenters. The van der Waals surface area contributed by atoms with Gasteiger partial charge in [-0.1, -0.05) is 13.3 Å². The summed E-state index contributed by atoms with van der Waals surface area (Å²) in [5.74, 6) is 0. The maximum atomic E-state index is 11.0. The molecule has 0 saturated carbocycles. The molecule has 0 aliphatic heterocycles. The van der Waals surface area contributed by atoms with Crippen molar-refractivity contribution in [3.8, 4) is 0 Å². The first-order valence-corrected chi connectivity index (χ1v) is 5.33. The van der Waals surface area contributed by atoms with E-state index >= 15 is 0 Å². The Kier molecular flexibility index (Phi) is 4.30. The number of hydrogen-bond donors (Lipinski definition) is 0. The van der Waals surface area contributed by atoms with Crippen LogP contribution in [0.25, 0.3) is 0 Å². The van der Waals surface area contributed by atoms with Crippen molar-refractivity contribution in [3.63, 3.8) is 0 Å². The van der Waals surface area contributed by atoms with Gasteiger partial charge in [-0.2, -0.15) is 0 Å². The molecule has 80 valence electrons. The van der Waals surface area contributed by atoms with Gasteiger partial charge in [0.05, 0.1) is 0 Å². The van der Waals surface area contributed by atoms with Crippen LogP contribution in [0.2, 0.25) is 0 Å². The third-order valence-corrected chi connectivity index (χ3v) is 2.42. The minimum atomic E-state index is -0.577. The van der Waals surface area contributed by atoms with E-state index in [1.54, 1.807) is 12.1 Å². The van der Waals surface area contributed by atoms with E-state index < -0.39 is 10.5 Å². The van der Waals surface area contributed by atoms with Gasteiger partial charge in [0, 0.05) is 11.1 Å². The molecule has 0 fully saturated rings. The monoisotopic (exact) mass is 244 g/mol. The van der Waals surface area contributed by atoms with Gasteiger partial charge in [-0.15, -0.1) is 0 Å². The second kappa shape index (κ2) is 5.29. The van der Waals surface area contributed by atoms with Gasteiger partial charge in [-0.3, -0.25) is 9.59 Å². The number of benzene rings is 1. The van der Waals surface area contributed by atoms with Crippen molar-refractivity contribution in [2.75, 3.05) is 0 Å². The van der Waals surface area contributed by atoms with Crippen LogP contribution in [0.4, 0.5) is 0 Å². The van der Waals surface area contributed by atoms with Gasteiger partial charge < -0.3 is 0 Å². The van der Waals surface area contributed by atoms with Crippen LogP contribution in [-0.4, -0.2) is 10.5 Å². The Morgan fingerprint density at radius 1 is 1.07 bits per heavy atom. The topological polar surface area (TPSA) is 34.1 Å². The zero-order chi connectivity index (χ0) is 11.4. The van der Waals surface area contributed by atoms with Gasteiger partial charge in [0.25, 0.3) is 10.5 Å². The lowest BCUT2D eigenvalue weighted by Crippen LogP contribution is -1.98. The molecule has 0 radical (unpaired) electrons. The lowest BCUT2D eigenvalue weighted by molar-refractivity contribution is 0.108. The standard InChI is InChI=1S/C11H10Cl2O2/c1-2-3-7-4-8(10(12)14)6-9(5-7)11(13)15/h4-6H,2-3H2,1H3. The Morgan fingerprint density at radius 3 is 1.87 bits per heavy atom. The lowest BCUT2D eigenvalue weighted by Gasteiger charge is -2.03. The summed E-state index contributed by atoms with van der Waals surface area (Å²) in [7, 11) is 0. The summed E-state index contributed by atoms with van der Waals surface area (Å²) in [5, 5.41) is -1.15. The Hall–Kier alpha value is -0.860. The zero-order valence-electron chi connectivity index (χ0n) is 8.22.